The minimum absolute atomic E-state index is 0.224. The number of esters is 1. The summed E-state index contributed by atoms with van der Waals surface area (Å²) in [6.07, 6.45) is 2.22. The molecule has 0 heterocycles. The van der Waals surface area contributed by atoms with Crippen LogP contribution in [0.3, 0.4) is 0 Å². The second-order valence-corrected chi connectivity index (χ2v) is 7.68. The number of carbonyl (C=O) groups excluding carboxylic acids is 3. The van der Waals surface area contributed by atoms with Crippen molar-refractivity contribution in [2.75, 3.05) is 11.9 Å². The van der Waals surface area contributed by atoms with Gasteiger partial charge in [0, 0.05) is 10.7 Å². The summed E-state index contributed by atoms with van der Waals surface area (Å²) in [7, 11) is 0. The van der Waals surface area contributed by atoms with Crippen LogP contribution in [-0.2, 0) is 16.0 Å². The van der Waals surface area contributed by atoms with Gasteiger partial charge < -0.3 is 14.8 Å². The van der Waals surface area contributed by atoms with Crippen LogP contribution < -0.4 is 20.2 Å². The van der Waals surface area contributed by atoms with Gasteiger partial charge in [0.15, 0.2) is 11.5 Å². The smallest absolute Gasteiger partial charge is 0.343 e. The van der Waals surface area contributed by atoms with Crippen LogP contribution >= 0.6 is 11.6 Å². The number of aryl methyl sites for hydroxylation is 1. The van der Waals surface area contributed by atoms with E-state index < -0.39 is 17.8 Å². The maximum atomic E-state index is 12.4. The third kappa shape index (κ3) is 7.41. The quantitative estimate of drug-likeness (QED) is 0.157. The van der Waals surface area contributed by atoms with Crippen molar-refractivity contribution < 1.29 is 23.9 Å². The molecule has 3 aromatic rings. The lowest BCUT2D eigenvalue weighted by molar-refractivity contribution is -0.136. The van der Waals surface area contributed by atoms with Gasteiger partial charge in [-0.2, -0.15) is 5.10 Å². The molecule has 0 aliphatic heterocycles. The predicted molar refractivity (Wildman–Crippen MR) is 134 cm³/mol. The first-order valence-electron chi connectivity index (χ1n) is 10.9. The minimum atomic E-state index is -0.917. The summed E-state index contributed by atoms with van der Waals surface area (Å²) >= 11 is 5.85. The van der Waals surface area contributed by atoms with E-state index in [1.165, 1.54) is 6.21 Å². The van der Waals surface area contributed by atoms with Gasteiger partial charge in [0.2, 0.25) is 0 Å². The molecule has 3 aromatic carbocycles. The second kappa shape index (κ2) is 12.3. The van der Waals surface area contributed by atoms with Gasteiger partial charge in [0.1, 0.15) is 0 Å². The van der Waals surface area contributed by atoms with E-state index in [0.29, 0.717) is 34.2 Å². The Bertz CT molecular complexity index is 1220. The number of nitrogens with one attached hydrogen (secondary N) is 2. The lowest BCUT2D eigenvalue weighted by Crippen LogP contribution is -2.32. The zero-order valence-corrected chi connectivity index (χ0v) is 20.0. The molecular weight excluding hydrogens is 470 g/mol. The fraction of sp³-hybridized carbons (Fsp3) is 0.154. The summed E-state index contributed by atoms with van der Waals surface area (Å²) in [6.45, 7) is 4.15. The van der Waals surface area contributed by atoms with E-state index in [2.05, 4.69) is 15.8 Å². The Labute approximate surface area is 207 Å². The highest BCUT2D eigenvalue weighted by molar-refractivity contribution is 6.39. The van der Waals surface area contributed by atoms with Gasteiger partial charge in [0.05, 0.1) is 18.4 Å². The Morgan fingerprint density at radius 1 is 0.914 bits per heavy atom. The van der Waals surface area contributed by atoms with Crippen LogP contribution in [0, 0.1) is 0 Å². The van der Waals surface area contributed by atoms with Crippen LogP contribution in [0.25, 0.3) is 0 Å². The summed E-state index contributed by atoms with van der Waals surface area (Å²) in [5.74, 6) is -1.78. The molecule has 0 radical (unpaired) electrons. The number of rotatable bonds is 8. The molecule has 2 amide bonds. The third-order valence-corrected chi connectivity index (χ3v) is 5.01. The van der Waals surface area contributed by atoms with E-state index in [0.717, 1.165) is 12.0 Å². The Balaban J connectivity index is 1.61. The molecule has 180 valence electrons. The van der Waals surface area contributed by atoms with Crippen molar-refractivity contribution in [1.29, 1.82) is 0 Å². The monoisotopic (exact) mass is 493 g/mol. The molecule has 0 fully saturated rings. The summed E-state index contributed by atoms with van der Waals surface area (Å²) in [5.41, 5.74) is 4.70. The summed E-state index contributed by atoms with van der Waals surface area (Å²) < 4.78 is 11.0. The van der Waals surface area contributed by atoms with E-state index in [9.17, 15) is 14.4 Å². The van der Waals surface area contributed by atoms with Gasteiger partial charge in [-0.25, -0.2) is 10.2 Å². The molecule has 0 unspecified atom stereocenters. The molecule has 0 saturated carbocycles. The van der Waals surface area contributed by atoms with E-state index >= 15 is 0 Å². The van der Waals surface area contributed by atoms with Crippen LogP contribution in [0.1, 0.15) is 35.3 Å². The van der Waals surface area contributed by atoms with Crippen molar-refractivity contribution in [3.63, 3.8) is 0 Å². The number of anilines is 1. The Morgan fingerprint density at radius 2 is 1.63 bits per heavy atom. The summed E-state index contributed by atoms with van der Waals surface area (Å²) in [4.78, 5) is 36.5. The topological polar surface area (TPSA) is 106 Å². The molecule has 0 bridgehead atoms. The Morgan fingerprint density at radius 3 is 2.29 bits per heavy atom. The van der Waals surface area contributed by atoms with E-state index in [1.807, 2.05) is 19.1 Å². The number of nitrogens with zero attached hydrogens (tertiary/aromatic N) is 1. The Hall–Kier alpha value is -4.17. The average Bonchev–Trinajstić information content (AvgIpc) is 2.86. The lowest BCUT2D eigenvalue weighted by atomic mass is 10.1. The molecule has 9 heteroatoms. The molecule has 0 aliphatic carbocycles. The fourth-order valence-corrected chi connectivity index (χ4v) is 3.06. The van der Waals surface area contributed by atoms with Crippen LogP contribution in [0.4, 0.5) is 5.69 Å². The lowest BCUT2D eigenvalue weighted by Gasteiger charge is -2.11. The first kappa shape index (κ1) is 25.5. The maximum Gasteiger partial charge on any atom is 0.343 e. The first-order valence-corrected chi connectivity index (χ1v) is 11.2. The van der Waals surface area contributed by atoms with Crippen molar-refractivity contribution in [3.05, 3.63) is 88.4 Å². The number of hydrogen-bond donors (Lipinski definition) is 2. The molecule has 3 rings (SSSR count). The molecular formula is C26H24ClN3O5. The van der Waals surface area contributed by atoms with Crippen LogP contribution in [0.15, 0.2) is 71.8 Å². The number of benzene rings is 3. The van der Waals surface area contributed by atoms with Gasteiger partial charge in [-0.1, -0.05) is 30.7 Å². The first-order chi connectivity index (χ1) is 16.9. The molecule has 0 atom stereocenters. The zero-order chi connectivity index (χ0) is 25.2. The van der Waals surface area contributed by atoms with Crippen molar-refractivity contribution in [2.24, 2.45) is 5.10 Å². The summed E-state index contributed by atoms with van der Waals surface area (Å²) in [5, 5.41) is 6.84. The van der Waals surface area contributed by atoms with Crippen molar-refractivity contribution in [1.82, 2.24) is 5.43 Å². The third-order valence-electron chi connectivity index (χ3n) is 4.76. The van der Waals surface area contributed by atoms with Gasteiger partial charge >= 0.3 is 17.8 Å². The zero-order valence-electron chi connectivity index (χ0n) is 19.2. The average molecular weight is 494 g/mol. The number of carbonyl (C=O) groups is 3. The van der Waals surface area contributed by atoms with Crippen LogP contribution in [0.5, 0.6) is 11.5 Å². The van der Waals surface area contributed by atoms with Crippen molar-refractivity contribution in [3.8, 4) is 11.5 Å². The molecule has 2 N–H and O–H groups in total. The predicted octanol–water partition coefficient (Wildman–Crippen LogP) is 4.61. The maximum absolute atomic E-state index is 12.4. The van der Waals surface area contributed by atoms with E-state index in [4.69, 9.17) is 21.1 Å². The second-order valence-electron chi connectivity index (χ2n) is 7.24. The van der Waals surface area contributed by atoms with Gasteiger partial charge in [-0.05, 0) is 79.1 Å². The standard InChI is InChI=1S/C26H24ClN3O5/c1-3-17-5-12-21(13-6-17)29-24(31)25(32)30-28-16-18-7-14-22(23(15-18)34-4-2)35-26(33)19-8-10-20(27)11-9-19/h5-16H,3-4H2,1-2H3,(H,29,31)(H,30,32)/b28-16+. The molecule has 0 saturated heterocycles. The van der Waals surface area contributed by atoms with Crippen molar-refractivity contribution in [2.45, 2.75) is 20.3 Å². The van der Waals surface area contributed by atoms with Crippen LogP contribution in [-0.4, -0.2) is 30.6 Å². The van der Waals surface area contributed by atoms with Gasteiger partial charge in [-0.3, -0.25) is 9.59 Å². The molecule has 35 heavy (non-hydrogen) atoms. The number of amides is 2. The van der Waals surface area contributed by atoms with E-state index in [-0.39, 0.29) is 5.75 Å². The largest absolute Gasteiger partial charge is 0.490 e. The fourth-order valence-electron chi connectivity index (χ4n) is 2.93. The number of halogens is 1. The van der Waals surface area contributed by atoms with E-state index in [1.54, 1.807) is 61.5 Å². The number of hydrazone groups is 1. The molecule has 0 spiro atoms. The minimum Gasteiger partial charge on any atom is -0.490 e. The highest BCUT2D eigenvalue weighted by Gasteiger charge is 2.14. The molecule has 0 aliphatic rings. The Kier molecular flexibility index (Phi) is 8.97. The highest BCUT2D eigenvalue weighted by atomic mass is 35.5. The van der Waals surface area contributed by atoms with Gasteiger partial charge in [0.25, 0.3) is 0 Å². The summed E-state index contributed by atoms with van der Waals surface area (Å²) in [6, 6.07) is 18.3. The van der Waals surface area contributed by atoms with Crippen molar-refractivity contribution >= 4 is 41.3 Å². The van der Waals surface area contributed by atoms with Crippen LogP contribution in [0.2, 0.25) is 5.02 Å². The molecule has 0 aromatic heterocycles. The van der Waals surface area contributed by atoms with Gasteiger partial charge in [-0.15, -0.1) is 0 Å². The number of ether oxygens (including phenoxy) is 2. The highest BCUT2D eigenvalue weighted by Crippen LogP contribution is 2.29. The molecule has 8 nitrogen and oxygen atoms in total. The normalized spacial score (nSPS) is 10.6. The number of hydrogen-bond acceptors (Lipinski definition) is 6. The SMILES string of the molecule is CCOc1cc(/C=N/NC(=O)C(=O)Nc2ccc(CC)cc2)ccc1OC(=O)c1ccc(Cl)cc1.